The second-order valence-corrected chi connectivity index (χ2v) is 5.48. The number of aliphatic imine (C=N–C) groups is 1. The maximum absolute atomic E-state index is 5.60. The molecule has 0 aromatic rings. The molecule has 120 valence electrons. The Morgan fingerprint density at radius 3 is 2.75 bits per heavy atom. The Bertz CT molecular complexity index is 256. The summed E-state index contributed by atoms with van der Waals surface area (Å²) in [7, 11) is 1.83. The van der Waals surface area contributed by atoms with Crippen LogP contribution >= 0.6 is 24.0 Å². The molecule has 0 aromatic carbocycles. The molecule has 1 rings (SSSR count). The highest BCUT2D eigenvalue weighted by Crippen LogP contribution is 2.10. The summed E-state index contributed by atoms with van der Waals surface area (Å²) in [6.45, 7) is 6.25. The molecule has 4 nitrogen and oxygen atoms in total. The Morgan fingerprint density at radius 2 is 2.15 bits per heavy atom. The molecule has 1 heterocycles. The highest BCUT2D eigenvalue weighted by molar-refractivity contribution is 14.0. The molecule has 1 aliphatic rings. The van der Waals surface area contributed by atoms with Crippen molar-refractivity contribution in [3.05, 3.63) is 0 Å². The maximum Gasteiger partial charge on any atom is 0.191 e. The van der Waals surface area contributed by atoms with Crippen molar-refractivity contribution in [3.8, 4) is 0 Å². The van der Waals surface area contributed by atoms with E-state index in [0.29, 0.717) is 12.1 Å². The minimum atomic E-state index is 0. The van der Waals surface area contributed by atoms with E-state index in [-0.39, 0.29) is 24.0 Å². The lowest BCUT2D eigenvalue weighted by Crippen LogP contribution is -2.44. The Morgan fingerprint density at radius 1 is 1.35 bits per heavy atom. The average molecular weight is 397 g/mol. The molecule has 2 atom stereocenters. The third-order valence-corrected chi connectivity index (χ3v) is 3.62. The molecule has 2 unspecified atom stereocenters. The van der Waals surface area contributed by atoms with Crippen LogP contribution in [-0.2, 0) is 4.74 Å². The van der Waals surface area contributed by atoms with Crippen LogP contribution in [0.25, 0.3) is 0 Å². The van der Waals surface area contributed by atoms with E-state index < -0.39 is 0 Å². The summed E-state index contributed by atoms with van der Waals surface area (Å²) < 4.78 is 5.60. The van der Waals surface area contributed by atoms with Crippen LogP contribution in [0, 0.1) is 0 Å². The van der Waals surface area contributed by atoms with E-state index in [1.807, 2.05) is 7.05 Å². The van der Waals surface area contributed by atoms with Crippen LogP contribution in [0.4, 0.5) is 0 Å². The fourth-order valence-electron chi connectivity index (χ4n) is 2.39. The molecule has 0 aliphatic carbocycles. The van der Waals surface area contributed by atoms with Crippen molar-refractivity contribution in [1.82, 2.24) is 10.6 Å². The fourth-order valence-corrected chi connectivity index (χ4v) is 2.39. The number of nitrogens with zero attached hydrogens (tertiary/aromatic N) is 1. The van der Waals surface area contributed by atoms with E-state index in [1.165, 1.54) is 38.5 Å². The average Bonchev–Trinajstić information content (AvgIpc) is 2.92. The third kappa shape index (κ3) is 9.00. The van der Waals surface area contributed by atoms with Gasteiger partial charge in [-0.05, 0) is 26.2 Å². The molecule has 0 radical (unpaired) electrons. The molecule has 0 amide bonds. The first-order valence-electron chi connectivity index (χ1n) is 7.85. The molecule has 1 aliphatic heterocycles. The van der Waals surface area contributed by atoms with Crippen molar-refractivity contribution in [2.24, 2.45) is 4.99 Å². The van der Waals surface area contributed by atoms with Gasteiger partial charge in [0.2, 0.25) is 0 Å². The number of hydrogen-bond donors (Lipinski definition) is 2. The summed E-state index contributed by atoms with van der Waals surface area (Å²) >= 11 is 0. The minimum absolute atomic E-state index is 0. The highest BCUT2D eigenvalue weighted by atomic mass is 127. The first kappa shape index (κ1) is 20.0. The highest BCUT2D eigenvalue weighted by Gasteiger charge is 2.15. The summed E-state index contributed by atoms with van der Waals surface area (Å²) in [6.07, 6.45) is 9.20. The van der Waals surface area contributed by atoms with Gasteiger partial charge in [0, 0.05) is 26.2 Å². The van der Waals surface area contributed by atoms with Gasteiger partial charge in [-0.2, -0.15) is 0 Å². The van der Waals surface area contributed by atoms with Crippen molar-refractivity contribution >= 4 is 29.9 Å². The maximum atomic E-state index is 5.60. The van der Waals surface area contributed by atoms with Gasteiger partial charge in [0.25, 0.3) is 0 Å². The summed E-state index contributed by atoms with van der Waals surface area (Å²) in [4.78, 5) is 4.27. The fraction of sp³-hybridized carbons (Fsp3) is 0.933. The summed E-state index contributed by atoms with van der Waals surface area (Å²) in [6, 6.07) is 0.479. The topological polar surface area (TPSA) is 45.7 Å². The van der Waals surface area contributed by atoms with Gasteiger partial charge in [0.1, 0.15) is 0 Å². The lowest BCUT2D eigenvalue weighted by molar-refractivity contribution is 0.113. The van der Waals surface area contributed by atoms with Crippen LogP contribution in [0.2, 0.25) is 0 Å². The van der Waals surface area contributed by atoms with Crippen molar-refractivity contribution in [1.29, 1.82) is 0 Å². The van der Waals surface area contributed by atoms with E-state index >= 15 is 0 Å². The second-order valence-electron chi connectivity index (χ2n) is 5.48. The van der Waals surface area contributed by atoms with E-state index in [2.05, 4.69) is 29.5 Å². The predicted molar refractivity (Wildman–Crippen MR) is 97.1 cm³/mol. The standard InChI is InChI=1S/C15H31N3O.HI/c1-4-5-6-7-9-13(2)18-15(16-3)17-12-14-10-8-11-19-14;/h13-14H,4-12H2,1-3H3,(H2,16,17,18);1H. The number of halogens is 1. The van der Waals surface area contributed by atoms with Crippen LogP contribution in [0.3, 0.4) is 0 Å². The van der Waals surface area contributed by atoms with Crippen LogP contribution < -0.4 is 10.6 Å². The molecular formula is C15H32IN3O. The normalized spacial score (nSPS) is 20.4. The van der Waals surface area contributed by atoms with Crippen LogP contribution in [0.1, 0.15) is 58.8 Å². The Labute approximate surface area is 141 Å². The van der Waals surface area contributed by atoms with Gasteiger partial charge in [-0.1, -0.05) is 32.6 Å². The molecule has 1 fully saturated rings. The zero-order valence-electron chi connectivity index (χ0n) is 13.3. The lowest BCUT2D eigenvalue weighted by atomic mass is 10.1. The third-order valence-electron chi connectivity index (χ3n) is 3.62. The predicted octanol–water partition coefficient (Wildman–Crippen LogP) is 3.31. The zero-order valence-corrected chi connectivity index (χ0v) is 15.6. The molecule has 5 heteroatoms. The first-order chi connectivity index (χ1) is 9.26. The largest absolute Gasteiger partial charge is 0.376 e. The smallest absolute Gasteiger partial charge is 0.191 e. The van der Waals surface area contributed by atoms with Gasteiger partial charge < -0.3 is 15.4 Å². The van der Waals surface area contributed by atoms with E-state index in [9.17, 15) is 0 Å². The number of ether oxygens (including phenoxy) is 1. The SMILES string of the molecule is CCCCCCC(C)NC(=NC)NCC1CCCO1.I. The number of unbranched alkanes of at least 4 members (excludes halogenated alkanes) is 3. The summed E-state index contributed by atoms with van der Waals surface area (Å²) in [5.74, 6) is 0.901. The van der Waals surface area contributed by atoms with Crippen molar-refractivity contribution < 1.29 is 4.74 Å². The van der Waals surface area contributed by atoms with Crippen LogP contribution in [-0.4, -0.2) is 38.3 Å². The molecule has 20 heavy (non-hydrogen) atoms. The molecule has 0 spiro atoms. The van der Waals surface area contributed by atoms with Gasteiger partial charge in [-0.15, -0.1) is 24.0 Å². The van der Waals surface area contributed by atoms with E-state index in [0.717, 1.165) is 25.5 Å². The molecule has 0 bridgehead atoms. The van der Waals surface area contributed by atoms with Crippen molar-refractivity contribution in [3.63, 3.8) is 0 Å². The van der Waals surface area contributed by atoms with E-state index in [1.54, 1.807) is 0 Å². The monoisotopic (exact) mass is 397 g/mol. The van der Waals surface area contributed by atoms with Gasteiger partial charge in [0.05, 0.1) is 6.10 Å². The molecule has 0 saturated carbocycles. The Balaban J connectivity index is 0.00000361. The molecule has 0 aromatic heterocycles. The summed E-state index contributed by atoms with van der Waals surface area (Å²) in [5.41, 5.74) is 0. The second kappa shape index (κ2) is 12.7. The number of nitrogens with one attached hydrogen (secondary N) is 2. The Kier molecular flexibility index (Phi) is 12.7. The lowest BCUT2D eigenvalue weighted by Gasteiger charge is -2.19. The number of guanidine groups is 1. The summed E-state index contributed by atoms with van der Waals surface area (Å²) in [5, 5.41) is 6.81. The first-order valence-corrected chi connectivity index (χ1v) is 7.85. The number of hydrogen-bond acceptors (Lipinski definition) is 2. The van der Waals surface area contributed by atoms with Gasteiger partial charge in [-0.25, -0.2) is 0 Å². The zero-order chi connectivity index (χ0) is 13.9. The van der Waals surface area contributed by atoms with E-state index in [4.69, 9.17) is 4.74 Å². The van der Waals surface area contributed by atoms with Crippen molar-refractivity contribution in [2.75, 3.05) is 20.2 Å². The molecule has 2 N–H and O–H groups in total. The molecule has 1 saturated heterocycles. The van der Waals surface area contributed by atoms with Gasteiger partial charge in [-0.3, -0.25) is 4.99 Å². The Hall–Kier alpha value is -0.0400. The van der Waals surface area contributed by atoms with Crippen LogP contribution in [0.15, 0.2) is 4.99 Å². The molecular weight excluding hydrogens is 365 g/mol. The van der Waals surface area contributed by atoms with Gasteiger partial charge in [0.15, 0.2) is 5.96 Å². The quantitative estimate of drug-likeness (QED) is 0.286. The minimum Gasteiger partial charge on any atom is -0.376 e. The van der Waals surface area contributed by atoms with Crippen LogP contribution in [0.5, 0.6) is 0 Å². The number of rotatable bonds is 8. The van der Waals surface area contributed by atoms with Gasteiger partial charge >= 0.3 is 0 Å². The van der Waals surface area contributed by atoms with Crippen molar-refractivity contribution in [2.45, 2.75) is 70.9 Å².